The van der Waals surface area contributed by atoms with E-state index in [0.717, 1.165) is 6.54 Å². The second-order valence-corrected chi connectivity index (χ2v) is 5.43. The molecule has 1 aromatic rings. The molecule has 0 bridgehead atoms. The zero-order valence-corrected chi connectivity index (χ0v) is 9.08. The van der Waals surface area contributed by atoms with E-state index in [1.165, 1.54) is 37.7 Å². The maximum Gasteiger partial charge on any atom is 0.0270 e. The van der Waals surface area contributed by atoms with Crippen molar-refractivity contribution in [2.45, 2.75) is 37.5 Å². The molecular formula is C13H18N2. The Morgan fingerprint density at radius 2 is 1.87 bits per heavy atom. The number of nitrogens with zero attached hydrogens (tertiary/aromatic N) is 1. The monoisotopic (exact) mass is 202 g/mol. The molecule has 1 aromatic heterocycles. The van der Waals surface area contributed by atoms with E-state index in [-0.39, 0.29) is 5.41 Å². The average molecular weight is 202 g/mol. The van der Waals surface area contributed by atoms with Crippen LogP contribution in [0.1, 0.15) is 37.7 Å². The van der Waals surface area contributed by atoms with Gasteiger partial charge in [-0.25, -0.2) is 0 Å². The van der Waals surface area contributed by atoms with Crippen molar-refractivity contribution in [2.24, 2.45) is 11.1 Å². The van der Waals surface area contributed by atoms with Gasteiger partial charge in [0.25, 0.3) is 0 Å². The lowest BCUT2D eigenvalue weighted by atomic mass is 9.44. The maximum absolute atomic E-state index is 5.98. The molecule has 0 unspecified atom stereocenters. The number of hydrogen-bond acceptors (Lipinski definition) is 2. The normalized spacial score (nSPS) is 25.7. The number of rotatable bonds is 2. The molecule has 2 saturated carbocycles. The lowest BCUT2D eigenvalue weighted by Gasteiger charge is -2.61. The second-order valence-electron chi connectivity index (χ2n) is 5.43. The van der Waals surface area contributed by atoms with E-state index < -0.39 is 0 Å². The standard InChI is InChI=1S/C13H18N2/c14-10-13(11-2-6-15-7-3-11)8-12(9-13)4-1-5-12/h2-3,6-7H,1,4-5,8-10,14H2. The van der Waals surface area contributed by atoms with Crippen molar-refractivity contribution in [3.05, 3.63) is 30.1 Å². The molecule has 2 nitrogen and oxygen atoms in total. The molecule has 0 aromatic carbocycles. The van der Waals surface area contributed by atoms with Crippen LogP contribution < -0.4 is 5.73 Å². The smallest absolute Gasteiger partial charge is 0.0270 e. The summed E-state index contributed by atoms with van der Waals surface area (Å²) in [5.74, 6) is 0. The first-order chi connectivity index (χ1) is 7.29. The van der Waals surface area contributed by atoms with Crippen molar-refractivity contribution in [2.75, 3.05) is 6.54 Å². The highest BCUT2D eigenvalue weighted by atomic mass is 14.7. The summed E-state index contributed by atoms with van der Waals surface area (Å²) >= 11 is 0. The highest BCUT2D eigenvalue weighted by Crippen LogP contribution is 2.64. The average Bonchev–Trinajstić information content (AvgIpc) is 2.17. The summed E-state index contributed by atoms with van der Waals surface area (Å²) in [5.41, 5.74) is 8.35. The molecule has 0 amide bonds. The first kappa shape index (κ1) is 9.34. The molecule has 2 fully saturated rings. The second kappa shape index (κ2) is 3.05. The Balaban J connectivity index is 1.84. The van der Waals surface area contributed by atoms with Gasteiger partial charge >= 0.3 is 0 Å². The Kier molecular flexibility index (Phi) is 1.90. The Morgan fingerprint density at radius 1 is 1.20 bits per heavy atom. The molecule has 2 aliphatic carbocycles. The summed E-state index contributed by atoms with van der Waals surface area (Å²) in [4.78, 5) is 4.08. The number of nitrogens with two attached hydrogens (primary N) is 1. The number of hydrogen-bond donors (Lipinski definition) is 1. The van der Waals surface area contributed by atoms with Gasteiger partial charge in [-0.2, -0.15) is 0 Å². The van der Waals surface area contributed by atoms with Gasteiger partial charge in [-0.15, -0.1) is 0 Å². The fourth-order valence-corrected chi connectivity index (χ4v) is 3.59. The zero-order valence-electron chi connectivity index (χ0n) is 9.08. The van der Waals surface area contributed by atoms with Gasteiger partial charge in [-0.1, -0.05) is 6.42 Å². The quantitative estimate of drug-likeness (QED) is 0.798. The summed E-state index contributed by atoms with van der Waals surface area (Å²) in [5, 5.41) is 0. The molecule has 0 radical (unpaired) electrons. The maximum atomic E-state index is 5.98. The molecule has 0 aliphatic heterocycles. The molecule has 15 heavy (non-hydrogen) atoms. The number of aromatic nitrogens is 1. The molecule has 2 N–H and O–H groups in total. The van der Waals surface area contributed by atoms with Gasteiger partial charge < -0.3 is 5.73 Å². The Labute approximate surface area is 90.9 Å². The Morgan fingerprint density at radius 3 is 2.33 bits per heavy atom. The SMILES string of the molecule is NCC1(c2ccncc2)CC2(CCC2)C1. The van der Waals surface area contributed by atoms with Crippen LogP contribution in [0.2, 0.25) is 0 Å². The molecule has 80 valence electrons. The van der Waals surface area contributed by atoms with Gasteiger partial charge in [0, 0.05) is 24.4 Å². The molecule has 1 heterocycles. The molecule has 2 aliphatic rings. The van der Waals surface area contributed by atoms with Crippen LogP contribution in [0.25, 0.3) is 0 Å². The van der Waals surface area contributed by atoms with Crippen LogP contribution in [0.4, 0.5) is 0 Å². The third-order valence-corrected chi connectivity index (χ3v) is 4.52. The summed E-state index contributed by atoms with van der Waals surface area (Å²) in [6.45, 7) is 0.790. The minimum Gasteiger partial charge on any atom is -0.330 e. The zero-order chi connectivity index (χ0) is 10.4. The molecule has 3 rings (SSSR count). The van der Waals surface area contributed by atoms with Gasteiger partial charge in [0.1, 0.15) is 0 Å². The van der Waals surface area contributed by atoms with Crippen LogP contribution in [0.15, 0.2) is 24.5 Å². The fraction of sp³-hybridized carbons (Fsp3) is 0.615. The highest BCUT2D eigenvalue weighted by molar-refractivity contribution is 5.30. The summed E-state index contributed by atoms with van der Waals surface area (Å²) in [6, 6.07) is 4.27. The van der Waals surface area contributed by atoms with Gasteiger partial charge in [0.05, 0.1) is 0 Å². The van der Waals surface area contributed by atoms with Crippen LogP contribution in [-0.2, 0) is 5.41 Å². The van der Waals surface area contributed by atoms with Gasteiger partial charge in [0.15, 0.2) is 0 Å². The van der Waals surface area contributed by atoms with Gasteiger partial charge in [-0.05, 0) is 48.8 Å². The molecule has 1 spiro atoms. The van der Waals surface area contributed by atoms with Gasteiger partial charge in [-0.3, -0.25) is 4.98 Å². The van der Waals surface area contributed by atoms with Crippen molar-refractivity contribution < 1.29 is 0 Å². The first-order valence-electron chi connectivity index (χ1n) is 5.89. The topological polar surface area (TPSA) is 38.9 Å². The van der Waals surface area contributed by atoms with E-state index in [4.69, 9.17) is 5.73 Å². The lowest BCUT2D eigenvalue weighted by molar-refractivity contribution is -0.0447. The molecular weight excluding hydrogens is 184 g/mol. The van der Waals surface area contributed by atoms with E-state index in [9.17, 15) is 0 Å². The highest BCUT2D eigenvalue weighted by Gasteiger charge is 2.56. The van der Waals surface area contributed by atoms with E-state index in [2.05, 4.69) is 17.1 Å². The Bertz CT molecular complexity index is 346. The minimum atomic E-state index is 0.281. The van der Waals surface area contributed by atoms with Crippen LogP contribution in [0, 0.1) is 5.41 Å². The summed E-state index contributed by atoms with van der Waals surface area (Å²) < 4.78 is 0. The van der Waals surface area contributed by atoms with Crippen LogP contribution in [0.5, 0.6) is 0 Å². The third kappa shape index (κ3) is 1.24. The van der Waals surface area contributed by atoms with E-state index in [1.807, 2.05) is 12.4 Å². The fourth-order valence-electron chi connectivity index (χ4n) is 3.59. The number of pyridine rings is 1. The van der Waals surface area contributed by atoms with Crippen molar-refractivity contribution in [1.29, 1.82) is 0 Å². The van der Waals surface area contributed by atoms with Crippen LogP contribution >= 0.6 is 0 Å². The molecule has 0 atom stereocenters. The van der Waals surface area contributed by atoms with Gasteiger partial charge in [0.2, 0.25) is 0 Å². The van der Waals surface area contributed by atoms with Crippen molar-refractivity contribution in [1.82, 2.24) is 4.98 Å². The molecule has 0 saturated heterocycles. The predicted molar refractivity (Wildman–Crippen MR) is 60.5 cm³/mol. The minimum absolute atomic E-state index is 0.281. The van der Waals surface area contributed by atoms with Crippen molar-refractivity contribution in [3.8, 4) is 0 Å². The van der Waals surface area contributed by atoms with Crippen LogP contribution in [0.3, 0.4) is 0 Å². The largest absolute Gasteiger partial charge is 0.330 e. The van der Waals surface area contributed by atoms with E-state index in [0.29, 0.717) is 5.41 Å². The summed E-state index contributed by atoms with van der Waals surface area (Å²) in [7, 11) is 0. The lowest BCUT2D eigenvalue weighted by Crippen LogP contribution is -2.56. The van der Waals surface area contributed by atoms with E-state index >= 15 is 0 Å². The van der Waals surface area contributed by atoms with Crippen LogP contribution in [-0.4, -0.2) is 11.5 Å². The predicted octanol–water partition coefficient (Wildman–Crippen LogP) is 2.24. The third-order valence-electron chi connectivity index (χ3n) is 4.52. The summed E-state index contributed by atoms with van der Waals surface area (Å²) in [6.07, 6.45) is 10.7. The van der Waals surface area contributed by atoms with E-state index in [1.54, 1.807) is 0 Å². The van der Waals surface area contributed by atoms with Crippen molar-refractivity contribution >= 4 is 0 Å². The first-order valence-corrected chi connectivity index (χ1v) is 5.89. The Hall–Kier alpha value is -0.890. The van der Waals surface area contributed by atoms with Crippen molar-refractivity contribution in [3.63, 3.8) is 0 Å². The molecule has 2 heteroatoms.